The zero-order valence-electron chi connectivity index (χ0n) is 25.1. The van der Waals surface area contributed by atoms with Crippen molar-refractivity contribution >= 4 is 23.2 Å². The highest BCUT2D eigenvalue weighted by Gasteiger charge is 2.28. The summed E-state index contributed by atoms with van der Waals surface area (Å²) in [4.78, 5) is 26.0. The van der Waals surface area contributed by atoms with E-state index in [-0.39, 0.29) is 28.3 Å². The molecule has 0 heterocycles. The molecule has 2 aromatic rings. The molecular weight excluding hydrogens is 496 g/mol. The van der Waals surface area contributed by atoms with Gasteiger partial charge in [0.15, 0.2) is 11.6 Å². The number of hydrogen-bond acceptors (Lipinski definition) is 4. The average molecular weight is 543 g/mol. The number of carbonyl (C=O) groups excluding carboxylic acids is 2. The molecule has 5 heteroatoms. The Morgan fingerprint density at radius 3 is 2.05 bits per heavy atom. The molecule has 4 nitrogen and oxygen atoms in total. The largest absolute Gasteiger partial charge is 0.493 e. The summed E-state index contributed by atoms with van der Waals surface area (Å²) >= 11 is 6.43. The van der Waals surface area contributed by atoms with Gasteiger partial charge in [-0.3, -0.25) is 9.59 Å². The van der Waals surface area contributed by atoms with Gasteiger partial charge in [-0.05, 0) is 59.9 Å². The minimum Gasteiger partial charge on any atom is -0.493 e. The van der Waals surface area contributed by atoms with Crippen LogP contribution in [0.15, 0.2) is 36.4 Å². The normalized spacial score (nSPS) is 12.5. The van der Waals surface area contributed by atoms with Gasteiger partial charge in [0.05, 0.1) is 29.4 Å². The topological polar surface area (TPSA) is 52.6 Å². The van der Waals surface area contributed by atoms with Gasteiger partial charge in [-0.25, -0.2) is 0 Å². The second-order valence-corrected chi connectivity index (χ2v) is 14.1. The van der Waals surface area contributed by atoms with Crippen molar-refractivity contribution in [3.63, 3.8) is 0 Å². The van der Waals surface area contributed by atoms with Gasteiger partial charge < -0.3 is 9.47 Å². The molecule has 38 heavy (non-hydrogen) atoms. The highest BCUT2D eigenvalue weighted by Crippen LogP contribution is 2.35. The molecule has 0 saturated carbocycles. The highest BCUT2D eigenvalue weighted by atomic mass is 35.5. The molecule has 0 amide bonds. The lowest BCUT2D eigenvalue weighted by molar-refractivity contribution is 0.0852. The van der Waals surface area contributed by atoms with E-state index in [1.165, 1.54) is 0 Å². The zero-order valence-corrected chi connectivity index (χ0v) is 25.8. The van der Waals surface area contributed by atoms with Crippen LogP contribution in [-0.4, -0.2) is 24.8 Å². The van der Waals surface area contributed by atoms with Crippen LogP contribution in [0.5, 0.6) is 11.5 Å². The Kier molecular flexibility index (Phi) is 10.6. The number of para-hydroxylation sites is 1. The molecule has 2 rings (SSSR count). The van der Waals surface area contributed by atoms with Crippen LogP contribution >= 0.6 is 11.6 Å². The molecule has 210 valence electrons. The summed E-state index contributed by atoms with van der Waals surface area (Å²) in [5.41, 5.74) is 1.78. The summed E-state index contributed by atoms with van der Waals surface area (Å²) in [6.07, 6.45) is 2.43. The third-order valence-corrected chi connectivity index (χ3v) is 6.84. The first kappa shape index (κ1) is 31.9. The van der Waals surface area contributed by atoms with Crippen molar-refractivity contribution in [2.75, 3.05) is 13.2 Å². The maximum Gasteiger partial charge on any atom is 0.171 e. The smallest absolute Gasteiger partial charge is 0.171 e. The number of ketones is 2. The molecule has 0 aliphatic carbocycles. The molecule has 0 atom stereocenters. The Hall–Kier alpha value is -2.33. The van der Waals surface area contributed by atoms with Crippen molar-refractivity contribution in [1.29, 1.82) is 0 Å². The number of carbonyl (C=O) groups is 2. The molecule has 0 spiro atoms. The van der Waals surface area contributed by atoms with E-state index in [4.69, 9.17) is 21.1 Å². The van der Waals surface area contributed by atoms with Crippen LogP contribution in [-0.2, 0) is 6.42 Å². The molecule has 0 saturated heterocycles. The fraction of sp³-hybridized carbons (Fsp3) is 0.576. The Labute approximate surface area is 235 Å². The Morgan fingerprint density at radius 2 is 1.47 bits per heavy atom. The molecule has 0 bridgehead atoms. The maximum absolute atomic E-state index is 13.0. The van der Waals surface area contributed by atoms with Crippen molar-refractivity contribution in [1.82, 2.24) is 0 Å². The molecule has 0 aliphatic heterocycles. The lowest BCUT2D eigenvalue weighted by Gasteiger charge is -2.26. The van der Waals surface area contributed by atoms with E-state index in [2.05, 4.69) is 40.7 Å². The van der Waals surface area contributed by atoms with E-state index >= 15 is 0 Å². The van der Waals surface area contributed by atoms with Gasteiger partial charge in [0.1, 0.15) is 11.5 Å². The summed E-state index contributed by atoms with van der Waals surface area (Å²) in [6.45, 7) is 21.4. The first-order chi connectivity index (χ1) is 17.4. The van der Waals surface area contributed by atoms with Gasteiger partial charge in [-0.15, -0.1) is 0 Å². The lowest BCUT2D eigenvalue weighted by atomic mass is 9.82. The van der Waals surface area contributed by atoms with Crippen LogP contribution in [0.1, 0.15) is 108 Å². The Bertz CT molecular complexity index is 1120. The summed E-state index contributed by atoms with van der Waals surface area (Å²) in [7, 11) is 0. The van der Waals surface area contributed by atoms with Gasteiger partial charge >= 0.3 is 0 Å². The summed E-state index contributed by atoms with van der Waals surface area (Å²) in [5, 5.41) is 0.441. The molecule has 0 radical (unpaired) electrons. The first-order valence-corrected chi connectivity index (χ1v) is 14.1. The van der Waals surface area contributed by atoms with Crippen LogP contribution in [0.2, 0.25) is 5.02 Å². The molecule has 0 unspecified atom stereocenters. The van der Waals surface area contributed by atoms with Crippen LogP contribution in [0.25, 0.3) is 0 Å². The molecule has 0 N–H and O–H groups in total. The van der Waals surface area contributed by atoms with Crippen molar-refractivity contribution in [2.45, 2.75) is 88.5 Å². The maximum atomic E-state index is 13.0. The van der Waals surface area contributed by atoms with Gasteiger partial charge in [-0.2, -0.15) is 0 Å². The van der Waals surface area contributed by atoms with Crippen LogP contribution in [0, 0.1) is 22.2 Å². The van der Waals surface area contributed by atoms with E-state index < -0.39 is 5.41 Å². The summed E-state index contributed by atoms with van der Waals surface area (Å²) in [5.74, 6) is 1.09. The van der Waals surface area contributed by atoms with Crippen LogP contribution in [0.3, 0.4) is 0 Å². The first-order valence-electron chi connectivity index (χ1n) is 13.7. The number of rotatable bonds is 12. The van der Waals surface area contributed by atoms with E-state index in [0.717, 1.165) is 24.8 Å². The number of halogens is 1. The van der Waals surface area contributed by atoms with Gasteiger partial charge in [-0.1, -0.05) is 93.0 Å². The number of hydrogen-bond donors (Lipinski definition) is 0. The van der Waals surface area contributed by atoms with Gasteiger partial charge in [0, 0.05) is 11.3 Å². The van der Waals surface area contributed by atoms with E-state index in [9.17, 15) is 9.59 Å². The summed E-state index contributed by atoms with van der Waals surface area (Å²) < 4.78 is 12.2. The highest BCUT2D eigenvalue weighted by molar-refractivity contribution is 6.32. The standard InChI is InChI=1S/C33H47ClO4/c1-22(2)28(35)25-20-23(14-15-27(25)37-18-16-31(3,4)5)21-33(9,10)17-19-38-29-24(12-11-13-26(29)34)30(36)32(6,7)8/h11-15,20,22H,16-19,21H2,1-10H3. The Balaban J connectivity index is 2.15. The van der Waals surface area contributed by atoms with Crippen LogP contribution < -0.4 is 9.47 Å². The monoisotopic (exact) mass is 542 g/mol. The van der Waals surface area contributed by atoms with E-state index in [0.29, 0.717) is 40.9 Å². The molecule has 2 aromatic carbocycles. The fourth-order valence-electron chi connectivity index (χ4n) is 4.09. The SMILES string of the molecule is CC(C)C(=O)c1cc(CC(C)(C)CCOc2c(Cl)cccc2C(=O)C(C)(C)C)ccc1OCCC(C)(C)C. The van der Waals surface area contributed by atoms with Crippen molar-refractivity contribution in [3.8, 4) is 11.5 Å². The predicted octanol–water partition coefficient (Wildman–Crippen LogP) is 9.26. The van der Waals surface area contributed by atoms with E-state index in [1.54, 1.807) is 18.2 Å². The van der Waals surface area contributed by atoms with Gasteiger partial charge in [0.2, 0.25) is 0 Å². The minimum absolute atomic E-state index is 0.00131. The molecular formula is C33H47ClO4. The third-order valence-electron chi connectivity index (χ3n) is 6.54. The summed E-state index contributed by atoms with van der Waals surface area (Å²) in [6, 6.07) is 11.3. The van der Waals surface area contributed by atoms with Crippen molar-refractivity contribution in [3.05, 3.63) is 58.1 Å². The number of Topliss-reactive ketones (excluding diaryl/α,β-unsaturated/α-hetero) is 2. The predicted molar refractivity (Wildman–Crippen MR) is 158 cm³/mol. The quantitative estimate of drug-likeness (QED) is 0.251. The molecule has 0 fully saturated rings. The average Bonchev–Trinajstić information content (AvgIpc) is 2.78. The molecule has 0 aromatic heterocycles. The molecule has 0 aliphatic rings. The Morgan fingerprint density at radius 1 is 0.842 bits per heavy atom. The van der Waals surface area contributed by atoms with Gasteiger partial charge in [0.25, 0.3) is 0 Å². The van der Waals surface area contributed by atoms with Crippen molar-refractivity contribution in [2.24, 2.45) is 22.2 Å². The number of ether oxygens (including phenoxy) is 2. The van der Waals surface area contributed by atoms with Crippen molar-refractivity contribution < 1.29 is 19.1 Å². The zero-order chi connectivity index (χ0) is 28.9. The number of benzene rings is 2. The second kappa shape index (κ2) is 12.7. The lowest BCUT2D eigenvalue weighted by Crippen LogP contribution is -2.22. The minimum atomic E-state index is -0.532. The van der Waals surface area contributed by atoms with E-state index in [1.807, 2.05) is 46.8 Å². The fourth-order valence-corrected chi connectivity index (χ4v) is 4.32. The second-order valence-electron chi connectivity index (χ2n) is 13.6. The third kappa shape index (κ3) is 9.45. The van der Waals surface area contributed by atoms with Crippen LogP contribution in [0.4, 0.5) is 0 Å².